The lowest BCUT2D eigenvalue weighted by molar-refractivity contribution is -0.133. The zero-order valence-electron chi connectivity index (χ0n) is 14.0. The number of para-hydroxylation sites is 1. The fourth-order valence-corrected chi connectivity index (χ4v) is 4.13. The van der Waals surface area contributed by atoms with Gasteiger partial charge in [-0.05, 0) is 25.1 Å². The molecule has 4 nitrogen and oxygen atoms in total. The molecule has 0 N–H and O–H groups in total. The molecule has 3 aliphatic rings. The topological polar surface area (TPSA) is 26.8 Å². The third kappa shape index (κ3) is 3.10. The van der Waals surface area contributed by atoms with Crippen LogP contribution in [0.25, 0.3) is 0 Å². The van der Waals surface area contributed by atoms with Gasteiger partial charge in [0.2, 0.25) is 5.91 Å². The smallest absolute Gasteiger partial charge is 0.255 e. The monoisotopic (exact) mass is 353 g/mol. The molecule has 2 unspecified atom stereocenters. The average Bonchev–Trinajstić information content (AvgIpc) is 3.16. The van der Waals surface area contributed by atoms with E-state index in [2.05, 4.69) is 0 Å². The number of anilines is 1. The SMILES string of the molecule is O=C(CN1CCC2C(C1)C2(F)F)N1CCN(c2ccccc2F)CC1. The second kappa shape index (κ2) is 6.20. The van der Waals surface area contributed by atoms with Crippen molar-refractivity contribution in [2.45, 2.75) is 12.3 Å². The van der Waals surface area contributed by atoms with Crippen molar-refractivity contribution in [3.63, 3.8) is 0 Å². The Morgan fingerprint density at radius 2 is 1.80 bits per heavy atom. The summed E-state index contributed by atoms with van der Waals surface area (Å²) in [4.78, 5) is 18.0. The number of hydrogen-bond acceptors (Lipinski definition) is 3. The molecule has 0 radical (unpaired) electrons. The third-order valence-corrected chi connectivity index (χ3v) is 5.76. The van der Waals surface area contributed by atoms with Crippen LogP contribution in [0.15, 0.2) is 24.3 Å². The number of fused-ring (bicyclic) bond motifs is 1. The van der Waals surface area contributed by atoms with Crippen LogP contribution in [0.4, 0.5) is 18.9 Å². The van der Waals surface area contributed by atoms with Gasteiger partial charge in [0.15, 0.2) is 0 Å². The Bertz CT molecular complexity index is 661. The number of benzene rings is 1. The molecule has 0 aromatic heterocycles. The molecular formula is C18H22F3N3O. The zero-order chi connectivity index (χ0) is 17.6. The molecule has 25 heavy (non-hydrogen) atoms. The predicted octanol–water partition coefficient (Wildman–Crippen LogP) is 2.06. The van der Waals surface area contributed by atoms with Crippen LogP contribution >= 0.6 is 0 Å². The normalized spacial score (nSPS) is 28.6. The highest BCUT2D eigenvalue weighted by Crippen LogP contribution is 2.59. The standard InChI is InChI=1S/C18H22F3N3O/c19-15-3-1-2-4-16(15)23-7-9-24(10-8-23)17(25)12-22-6-5-13-14(11-22)18(13,20)21/h1-4,13-14H,5-12H2. The Morgan fingerprint density at radius 1 is 1.08 bits per heavy atom. The van der Waals surface area contributed by atoms with Crippen molar-refractivity contribution in [3.05, 3.63) is 30.1 Å². The number of alkyl halides is 2. The molecule has 1 aromatic rings. The number of nitrogens with zero attached hydrogens (tertiary/aromatic N) is 3. The van der Waals surface area contributed by atoms with Crippen LogP contribution < -0.4 is 4.90 Å². The molecule has 2 heterocycles. The van der Waals surface area contributed by atoms with Crippen LogP contribution in [0.2, 0.25) is 0 Å². The summed E-state index contributed by atoms with van der Waals surface area (Å²) < 4.78 is 40.7. The Hall–Kier alpha value is -1.76. The number of piperidine rings is 1. The molecule has 0 spiro atoms. The van der Waals surface area contributed by atoms with Gasteiger partial charge >= 0.3 is 0 Å². The molecule has 0 bridgehead atoms. The maximum Gasteiger partial charge on any atom is 0.255 e. The van der Waals surface area contributed by atoms with Crippen LogP contribution in [-0.2, 0) is 4.79 Å². The van der Waals surface area contributed by atoms with E-state index in [1.54, 1.807) is 23.1 Å². The Morgan fingerprint density at radius 3 is 2.48 bits per heavy atom. The van der Waals surface area contributed by atoms with Gasteiger partial charge in [-0.15, -0.1) is 0 Å². The molecule has 4 rings (SSSR count). The van der Waals surface area contributed by atoms with Crippen LogP contribution in [0.5, 0.6) is 0 Å². The van der Waals surface area contributed by atoms with Gasteiger partial charge in [-0.1, -0.05) is 12.1 Å². The van der Waals surface area contributed by atoms with Crippen molar-refractivity contribution >= 4 is 11.6 Å². The zero-order valence-corrected chi connectivity index (χ0v) is 14.0. The van der Waals surface area contributed by atoms with Crippen molar-refractivity contribution in [2.75, 3.05) is 50.7 Å². The van der Waals surface area contributed by atoms with Gasteiger partial charge in [-0.25, -0.2) is 13.2 Å². The van der Waals surface area contributed by atoms with Gasteiger partial charge in [0.1, 0.15) is 5.82 Å². The number of hydrogen-bond donors (Lipinski definition) is 0. The summed E-state index contributed by atoms with van der Waals surface area (Å²) in [6.07, 6.45) is 0.478. The van der Waals surface area contributed by atoms with E-state index in [4.69, 9.17) is 0 Å². The fraction of sp³-hybridized carbons (Fsp3) is 0.611. The molecule has 2 atom stereocenters. The van der Waals surface area contributed by atoms with E-state index in [-0.39, 0.29) is 18.3 Å². The summed E-state index contributed by atoms with van der Waals surface area (Å²) in [7, 11) is 0. The second-order valence-electron chi connectivity index (χ2n) is 7.23. The highest BCUT2D eigenvalue weighted by atomic mass is 19.3. The number of piperazine rings is 1. The average molecular weight is 353 g/mol. The number of likely N-dealkylation sites (tertiary alicyclic amines) is 1. The lowest BCUT2D eigenvalue weighted by Crippen LogP contribution is -2.52. The highest BCUT2D eigenvalue weighted by Gasteiger charge is 2.68. The van der Waals surface area contributed by atoms with Crippen LogP contribution in [0.1, 0.15) is 6.42 Å². The first-order valence-electron chi connectivity index (χ1n) is 8.84. The molecule has 3 fully saturated rings. The lowest BCUT2D eigenvalue weighted by Gasteiger charge is -2.37. The maximum absolute atomic E-state index is 13.9. The number of rotatable bonds is 3. The van der Waals surface area contributed by atoms with E-state index in [1.807, 2.05) is 9.80 Å². The highest BCUT2D eigenvalue weighted by molar-refractivity contribution is 5.78. The van der Waals surface area contributed by atoms with Crippen LogP contribution in [0, 0.1) is 17.7 Å². The van der Waals surface area contributed by atoms with E-state index in [1.165, 1.54) is 6.07 Å². The van der Waals surface area contributed by atoms with Gasteiger partial charge in [-0.3, -0.25) is 9.69 Å². The predicted molar refractivity (Wildman–Crippen MR) is 88.2 cm³/mol. The summed E-state index contributed by atoms with van der Waals surface area (Å²) in [6.45, 7) is 3.31. The molecular weight excluding hydrogens is 331 g/mol. The third-order valence-electron chi connectivity index (χ3n) is 5.76. The minimum absolute atomic E-state index is 0.0180. The minimum atomic E-state index is -2.52. The van der Waals surface area contributed by atoms with E-state index in [0.717, 1.165) is 0 Å². The fourth-order valence-electron chi connectivity index (χ4n) is 4.13. The number of amides is 1. The molecule has 2 aliphatic heterocycles. The van der Waals surface area contributed by atoms with Crippen molar-refractivity contribution in [1.29, 1.82) is 0 Å². The summed E-state index contributed by atoms with van der Waals surface area (Å²) >= 11 is 0. The largest absolute Gasteiger partial charge is 0.366 e. The molecule has 136 valence electrons. The summed E-state index contributed by atoms with van der Waals surface area (Å²) in [5.41, 5.74) is 0.563. The Kier molecular flexibility index (Phi) is 4.14. The molecule has 1 saturated carbocycles. The lowest BCUT2D eigenvalue weighted by atomic mass is 10.1. The van der Waals surface area contributed by atoms with Gasteiger partial charge in [0, 0.05) is 44.6 Å². The maximum atomic E-state index is 13.9. The summed E-state index contributed by atoms with van der Waals surface area (Å²) in [6, 6.07) is 6.63. The first kappa shape index (κ1) is 16.7. The summed E-state index contributed by atoms with van der Waals surface area (Å²) in [5.74, 6) is -3.83. The number of carbonyl (C=O) groups is 1. The van der Waals surface area contributed by atoms with E-state index >= 15 is 0 Å². The quantitative estimate of drug-likeness (QED) is 0.832. The number of carbonyl (C=O) groups excluding carboxylic acids is 1. The first-order chi connectivity index (χ1) is 12.0. The van der Waals surface area contributed by atoms with E-state index < -0.39 is 17.8 Å². The second-order valence-corrected chi connectivity index (χ2v) is 7.23. The van der Waals surface area contributed by atoms with Crippen molar-refractivity contribution in [3.8, 4) is 0 Å². The van der Waals surface area contributed by atoms with Crippen LogP contribution in [-0.4, -0.2) is 67.4 Å². The van der Waals surface area contributed by atoms with E-state index in [0.29, 0.717) is 51.4 Å². The first-order valence-corrected chi connectivity index (χ1v) is 8.84. The van der Waals surface area contributed by atoms with Crippen molar-refractivity contribution in [1.82, 2.24) is 9.80 Å². The Labute approximate surface area is 145 Å². The molecule has 1 aliphatic carbocycles. The number of halogens is 3. The summed E-state index contributed by atoms with van der Waals surface area (Å²) in [5, 5.41) is 0. The van der Waals surface area contributed by atoms with Crippen molar-refractivity contribution in [2.24, 2.45) is 11.8 Å². The van der Waals surface area contributed by atoms with Gasteiger partial charge in [0.25, 0.3) is 5.92 Å². The van der Waals surface area contributed by atoms with Gasteiger partial charge in [-0.2, -0.15) is 0 Å². The Balaban J connectivity index is 1.28. The van der Waals surface area contributed by atoms with Crippen molar-refractivity contribution < 1.29 is 18.0 Å². The van der Waals surface area contributed by atoms with Crippen LogP contribution in [0.3, 0.4) is 0 Å². The molecule has 2 saturated heterocycles. The van der Waals surface area contributed by atoms with E-state index in [9.17, 15) is 18.0 Å². The van der Waals surface area contributed by atoms with Gasteiger partial charge in [0.05, 0.1) is 12.2 Å². The van der Waals surface area contributed by atoms with Gasteiger partial charge < -0.3 is 9.80 Å². The molecule has 1 aromatic carbocycles. The minimum Gasteiger partial charge on any atom is -0.366 e. The molecule has 7 heteroatoms. The molecule has 1 amide bonds.